The van der Waals surface area contributed by atoms with Crippen LogP contribution in [0.1, 0.15) is 139 Å². The quantitative estimate of drug-likeness (QED) is 0.160. The smallest absolute Gasteiger partial charge is 0.0146 e. The van der Waals surface area contributed by atoms with Crippen LogP contribution < -0.4 is 0 Å². The minimum atomic E-state index is 0.0207. The third kappa shape index (κ3) is 11.2. The molecule has 6 aromatic carbocycles. The highest BCUT2D eigenvalue weighted by Crippen LogP contribution is 2.35. The van der Waals surface area contributed by atoms with Gasteiger partial charge in [0.2, 0.25) is 0 Å². The van der Waals surface area contributed by atoms with Gasteiger partial charge in [-0.2, -0.15) is 0 Å². The monoisotopic (exact) mass is 729 g/mol. The van der Waals surface area contributed by atoms with E-state index in [0.29, 0.717) is 0 Å². The minimum Gasteiger partial charge on any atom is -0.0622 e. The van der Waals surface area contributed by atoms with E-state index in [1.165, 1.54) is 55.6 Å². The molecular formula is C55H68. The second-order valence-electron chi connectivity index (χ2n) is 19.0. The van der Waals surface area contributed by atoms with Gasteiger partial charge in [-0.3, -0.25) is 0 Å². The predicted octanol–water partition coefficient (Wildman–Crippen LogP) is 15.2. The summed E-state index contributed by atoms with van der Waals surface area (Å²) in [5.74, 6) is 0. The summed E-state index contributed by atoms with van der Waals surface area (Å²) in [4.78, 5) is 0. The predicted molar refractivity (Wildman–Crippen MR) is 242 cm³/mol. The van der Waals surface area contributed by atoms with E-state index in [9.17, 15) is 0 Å². The molecular weight excluding hydrogens is 661 g/mol. The highest BCUT2D eigenvalue weighted by molar-refractivity contribution is 5.42. The first-order chi connectivity index (χ1) is 25.6. The van der Waals surface area contributed by atoms with Crippen molar-refractivity contribution in [3.05, 3.63) is 213 Å². The first-order valence-electron chi connectivity index (χ1n) is 20.1. The molecule has 0 unspecified atom stereocenters. The Kier molecular flexibility index (Phi) is 13.6. The van der Waals surface area contributed by atoms with Crippen LogP contribution in [0.25, 0.3) is 0 Å². The van der Waals surface area contributed by atoms with Crippen LogP contribution in [0, 0.1) is 13.8 Å². The maximum absolute atomic E-state index is 2.31. The Labute approximate surface area is 336 Å². The van der Waals surface area contributed by atoms with Crippen LogP contribution >= 0.6 is 0 Å². The van der Waals surface area contributed by atoms with E-state index < -0.39 is 0 Å². The van der Waals surface area contributed by atoms with Crippen molar-refractivity contribution in [2.24, 2.45) is 0 Å². The summed E-state index contributed by atoms with van der Waals surface area (Å²) in [5.41, 5.74) is 14.2. The molecule has 0 heterocycles. The highest BCUT2D eigenvalue weighted by Gasteiger charge is 2.26. The Morgan fingerprint density at radius 1 is 0.218 bits per heavy atom. The van der Waals surface area contributed by atoms with Gasteiger partial charge < -0.3 is 0 Å². The third-order valence-corrected chi connectivity index (χ3v) is 11.5. The van der Waals surface area contributed by atoms with Crippen molar-refractivity contribution in [3.63, 3.8) is 0 Å². The normalized spacial score (nSPS) is 12.2. The van der Waals surface area contributed by atoms with Crippen LogP contribution in [0.2, 0.25) is 0 Å². The molecule has 0 heteroatoms. The molecule has 0 aliphatic heterocycles. The standard InChI is InChI=1S/C23H32.C17H20.C15H16/c1-21(2,3)17-9-13-19(14-10-17)23(7,8)20-15-11-18(12-16-20)22(4,5)6;1-13-5-9-15(10-6-13)17(3,4)16-11-7-14(2)8-12-16;1-15(2,13-9-5-3-6-10-13)14-11-7-4-8-12-14/h9-16H,1-8H3;5-12H,1-4H3;3-12H,1-2H3. The fourth-order valence-electron chi connectivity index (χ4n) is 6.92. The third-order valence-electron chi connectivity index (χ3n) is 11.5. The zero-order chi connectivity index (χ0) is 40.7. The Hall–Kier alpha value is -4.68. The molecule has 0 saturated heterocycles. The number of hydrogen-bond donors (Lipinski definition) is 0. The highest BCUT2D eigenvalue weighted by atomic mass is 14.3. The first-order valence-corrected chi connectivity index (χ1v) is 20.1. The molecule has 0 saturated carbocycles. The molecule has 55 heavy (non-hydrogen) atoms. The van der Waals surface area contributed by atoms with Crippen LogP contribution in [0.3, 0.4) is 0 Å². The largest absolute Gasteiger partial charge is 0.0622 e. The summed E-state index contributed by atoms with van der Waals surface area (Å²) in [7, 11) is 0. The Morgan fingerprint density at radius 3 is 0.618 bits per heavy atom. The van der Waals surface area contributed by atoms with Gasteiger partial charge in [0.1, 0.15) is 0 Å². The van der Waals surface area contributed by atoms with Gasteiger partial charge in [-0.15, -0.1) is 0 Å². The Balaban J connectivity index is 0.000000188. The van der Waals surface area contributed by atoms with Crippen LogP contribution in [-0.2, 0) is 27.1 Å². The van der Waals surface area contributed by atoms with E-state index in [1.54, 1.807) is 0 Å². The molecule has 0 nitrogen and oxygen atoms in total. The van der Waals surface area contributed by atoms with Gasteiger partial charge in [0.25, 0.3) is 0 Å². The average molecular weight is 729 g/mol. The van der Waals surface area contributed by atoms with Gasteiger partial charge in [0.05, 0.1) is 0 Å². The van der Waals surface area contributed by atoms with E-state index in [2.05, 4.69) is 255 Å². The van der Waals surface area contributed by atoms with Crippen LogP contribution in [0.5, 0.6) is 0 Å². The van der Waals surface area contributed by atoms with Crippen LogP contribution in [-0.4, -0.2) is 0 Å². The summed E-state index contributed by atoms with van der Waals surface area (Å²) in [6.07, 6.45) is 0. The number of hydrogen-bond acceptors (Lipinski definition) is 0. The molecule has 0 spiro atoms. The van der Waals surface area contributed by atoms with E-state index in [4.69, 9.17) is 0 Å². The molecule has 288 valence electrons. The summed E-state index contributed by atoms with van der Waals surface area (Å²) >= 11 is 0. The zero-order valence-corrected chi connectivity index (χ0v) is 36.5. The van der Waals surface area contributed by atoms with E-state index >= 15 is 0 Å². The zero-order valence-electron chi connectivity index (χ0n) is 36.5. The van der Waals surface area contributed by atoms with Crippen molar-refractivity contribution in [2.75, 3.05) is 0 Å². The fraction of sp³-hybridized carbons (Fsp3) is 0.345. The van der Waals surface area contributed by atoms with E-state index in [-0.39, 0.29) is 27.1 Å². The molecule has 0 aliphatic rings. The van der Waals surface area contributed by atoms with Crippen LogP contribution in [0.15, 0.2) is 158 Å². The van der Waals surface area contributed by atoms with Gasteiger partial charge in [0.15, 0.2) is 0 Å². The molecule has 0 aliphatic carbocycles. The Bertz CT molecular complexity index is 1880. The molecule has 0 radical (unpaired) electrons. The number of aryl methyl sites for hydroxylation is 2. The van der Waals surface area contributed by atoms with E-state index in [1.807, 2.05) is 0 Å². The lowest BCUT2D eigenvalue weighted by atomic mass is 9.75. The molecule has 0 amide bonds. The molecule has 0 fully saturated rings. The van der Waals surface area contributed by atoms with Crippen molar-refractivity contribution in [1.29, 1.82) is 0 Å². The Morgan fingerprint density at radius 2 is 0.400 bits per heavy atom. The second-order valence-corrected chi connectivity index (χ2v) is 19.0. The second kappa shape index (κ2) is 17.4. The van der Waals surface area contributed by atoms with Gasteiger partial charge in [-0.05, 0) is 69.2 Å². The number of benzene rings is 6. The molecule has 0 bridgehead atoms. The number of rotatable bonds is 6. The lowest BCUT2D eigenvalue weighted by Gasteiger charge is -2.28. The van der Waals surface area contributed by atoms with Crippen molar-refractivity contribution in [2.45, 2.75) is 124 Å². The average Bonchev–Trinajstić information content (AvgIpc) is 3.16. The lowest BCUT2D eigenvalue weighted by Crippen LogP contribution is -2.20. The van der Waals surface area contributed by atoms with Crippen molar-refractivity contribution >= 4 is 0 Å². The molecule has 6 rings (SSSR count). The van der Waals surface area contributed by atoms with Gasteiger partial charge in [-0.1, -0.05) is 252 Å². The first kappa shape index (κ1) is 43.1. The van der Waals surface area contributed by atoms with Crippen molar-refractivity contribution < 1.29 is 0 Å². The lowest BCUT2D eigenvalue weighted by molar-refractivity contribution is 0.584. The molecule has 0 atom stereocenters. The summed E-state index contributed by atoms with van der Waals surface area (Å²) < 4.78 is 0. The minimum absolute atomic E-state index is 0.0207. The summed E-state index contributed by atoms with van der Waals surface area (Å²) in [6.45, 7) is 31.5. The van der Waals surface area contributed by atoms with Crippen molar-refractivity contribution in [3.8, 4) is 0 Å². The van der Waals surface area contributed by atoms with Crippen molar-refractivity contribution in [1.82, 2.24) is 0 Å². The SMILES string of the molecule is CC(C)(C)c1ccc(C(C)(C)c2ccc(C(C)(C)C)cc2)cc1.CC(C)(c1ccccc1)c1ccccc1.Cc1ccc(C(C)(C)c2ccc(C)cc2)cc1. The van der Waals surface area contributed by atoms with Gasteiger partial charge >= 0.3 is 0 Å². The summed E-state index contributed by atoms with van der Waals surface area (Å²) in [5, 5.41) is 0. The molecule has 0 N–H and O–H groups in total. The van der Waals surface area contributed by atoms with E-state index in [0.717, 1.165) is 0 Å². The van der Waals surface area contributed by atoms with Crippen LogP contribution in [0.4, 0.5) is 0 Å². The topological polar surface area (TPSA) is 0 Å². The summed E-state index contributed by atoms with van der Waals surface area (Å²) in [6, 6.07) is 57.2. The fourth-order valence-corrected chi connectivity index (χ4v) is 6.92. The van der Waals surface area contributed by atoms with Gasteiger partial charge in [-0.25, -0.2) is 0 Å². The van der Waals surface area contributed by atoms with Gasteiger partial charge in [0, 0.05) is 16.2 Å². The molecule has 6 aromatic rings. The maximum atomic E-state index is 2.31. The maximum Gasteiger partial charge on any atom is 0.0146 e. The molecule has 0 aromatic heterocycles.